The van der Waals surface area contributed by atoms with E-state index in [0.29, 0.717) is 5.75 Å². The highest BCUT2D eigenvalue weighted by atomic mass is 32.2. The van der Waals surface area contributed by atoms with Crippen LogP contribution in [0.1, 0.15) is 30.8 Å². The number of fused-ring (bicyclic) bond motifs is 1. The van der Waals surface area contributed by atoms with Crippen molar-refractivity contribution in [1.29, 1.82) is 0 Å². The summed E-state index contributed by atoms with van der Waals surface area (Å²) < 4.78 is 0. The lowest BCUT2D eigenvalue weighted by Crippen LogP contribution is -2.46. The minimum Gasteiger partial charge on any atom is -0.351 e. The van der Waals surface area contributed by atoms with Crippen LogP contribution in [0.2, 0.25) is 0 Å². The molecule has 118 valence electrons. The van der Waals surface area contributed by atoms with Crippen molar-refractivity contribution in [3.63, 3.8) is 0 Å². The molecular formula is C16H22N4OS. The number of nitrogens with one attached hydrogen (secondary N) is 3. The highest BCUT2D eigenvalue weighted by Gasteiger charge is 2.17. The summed E-state index contributed by atoms with van der Waals surface area (Å²) in [4.78, 5) is 19.9. The number of nitrogens with zero attached hydrogens (tertiary/aromatic N) is 1. The SMILES string of the molecule is CC(SCC(=O)NC1CCCNC1)c1nc2ccccc2[nH]1. The van der Waals surface area contributed by atoms with Crippen molar-refractivity contribution in [3.8, 4) is 0 Å². The topological polar surface area (TPSA) is 69.8 Å². The fraction of sp³-hybridized carbons (Fsp3) is 0.500. The van der Waals surface area contributed by atoms with Gasteiger partial charge in [-0.1, -0.05) is 12.1 Å². The van der Waals surface area contributed by atoms with E-state index in [1.165, 1.54) is 0 Å². The number of aromatic amines is 1. The van der Waals surface area contributed by atoms with Gasteiger partial charge in [-0.15, -0.1) is 11.8 Å². The largest absolute Gasteiger partial charge is 0.351 e. The molecule has 2 atom stereocenters. The van der Waals surface area contributed by atoms with Crippen molar-refractivity contribution >= 4 is 28.7 Å². The number of amides is 1. The molecule has 1 aliphatic heterocycles. The Labute approximate surface area is 134 Å². The van der Waals surface area contributed by atoms with Gasteiger partial charge in [0, 0.05) is 12.6 Å². The smallest absolute Gasteiger partial charge is 0.230 e. The summed E-state index contributed by atoms with van der Waals surface area (Å²) in [5, 5.41) is 6.58. The lowest BCUT2D eigenvalue weighted by Gasteiger charge is -2.23. The number of imidazole rings is 1. The zero-order valence-corrected chi connectivity index (χ0v) is 13.6. The number of carbonyl (C=O) groups excluding carboxylic acids is 1. The van der Waals surface area contributed by atoms with E-state index in [4.69, 9.17) is 0 Å². The fourth-order valence-corrected chi connectivity index (χ4v) is 3.44. The molecule has 1 aromatic carbocycles. The second-order valence-corrected chi connectivity index (χ2v) is 7.03. The Bertz CT molecular complexity index is 603. The van der Waals surface area contributed by atoms with Gasteiger partial charge in [0.25, 0.3) is 0 Å². The molecule has 1 amide bonds. The summed E-state index contributed by atoms with van der Waals surface area (Å²) >= 11 is 1.62. The van der Waals surface area contributed by atoms with Crippen LogP contribution in [0, 0.1) is 0 Å². The Morgan fingerprint density at radius 1 is 1.50 bits per heavy atom. The number of piperidine rings is 1. The fourth-order valence-electron chi connectivity index (χ4n) is 2.69. The predicted octanol–water partition coefficient (Wildman–Crippen LogP) is 2.23. The van der Waals surface area contributed by atoms with Crippen LogP contribution in [0.5, 0.6) is 0 Å². The first kappa shape index (κ1) is 15.4. The van der Waals surface area contributed by atoms with Crippen LogP contribution in [0.4, 0.5) is 0 Å². The summed E-state index contributed by atoms with van der Waals surface area (Å²) in [6.07, 6.45) is 2.20. The highest BCUT2D eigenvalue weighted by Crippen LogP contribution is 2.27. The van der Waals surface area contributed by atoms with Crippen molar-refractivity contribution < 1.29 is 4.79 Å². The maximum absolute atomic E-state index is 12.0. The van der Waals surface area contributed by atoms with Crippen molar-refractivity contribution in [2.75, 3.05) is 18.8 Å². The Hall–Kier alpha value is -1.53. The minimum absolute atomic E-state index is 0.113. The van der Waals surface area contributed by atoms with E-state index in [1.807, 2.05) is 24.3 Å². The van der Waals surface area contributed by atoms with E-state index >= 15 is 0 Å². The summed E-state index contributed by atoms with van der Waals surface area (Å²) in [7, 11) is 0. The molecular weight excluding hydrogens is 296 g/mol. The van der Waals surface area contributed by atoms with E-state index in [-0.39, 0.29) is 17.2 Å². The molecule has 0 spiro atoms. The quantitative estimate of drug-likeness (QED) is 0.791. The number of rotatable bonds is 5. The molecule has 1 saturated heterocycles. The summed E-state index contributed by atoms with van der Waals surface area (Å²) in [6.45, 7) is 4.03. The van der Waals surface area contributed by atoms with Gasteiger partial charge < -0.3 is 15.6 Å². The van der Waals surface area contributed by atoms with Crippen LogP contribution in [-0.2, 0) is 4.79 Å². The Balaban J connectivity index is 1.50. The first-order chi connectivity index (χ1) is 10.7. The van der Waals surface area contributed by atoms with Gasteiger partial charge >= 0.3 is 0 Å². The number of aromatic nitrogens is 2. The Morgan fingerprint density at radius 2 is 2.36 bits per heavy atom. The summed E-state index contributed by atoms with van der Waals surface area (Å²) in [5.41, 5.74) is 2.02. The number of benzene rings is 1. The van der Waals surface area contributed by atoms with Gasteiger partial charge in [0.15, 0.2) is 0 Å². The van der Waals surface area contributed by atoms with Crippen LogP contribution in [0.15, 0.2) is 24.3 Å². The molecule has 22 heavy (non-hydrogen) atoms. The molecule has 0 bridgehead atoms. The first-order valence-corrected chi connectivity index (χ1v) is 8.83. The van der Waals surface area contributed by atoms with Gasteiger partial charge in [-0.3, -0.25) is 4.79 Å². The molecule has 3 rings (SSSR count). The van der Waals surface area contributed by atoms with Gasteiger partial charge in [-0.05, 0) is 38.4 Å². The van der Waals surface area contributed by atoms with E-state index in [2.05, 4.69) is 27.5 Å². The maximum atomic E-state index is 12.0. The van der Waals surface area contributed by atoms with Gasteiger partial charge in [0.1, 0.15) is 5.82 Å². The zero-order chi connectivity index (χ0) is 15.4. The third-order valence-electron chi connectivity index (χ3n) is 3.92. The zero-order valence-electron chi connectivity index (χ0n) is 12.8. The van der Waals surface area contributed by atoms with E-state index in [9.17, 15) is 4.79 Å². The molecule has 2 aromatic rings. The van der Waals surface area contributed by atoms with Crippen molar-refractivity contribution in [1.82, 2.24) is 20.6 Å². The molecule has 5 nitrogen and oxygen atoms in total. The monoisotopic (exact) mass is 318 g/mol. The summed E-state index contributed by atoms with van der Waals surface area (Å²) in [6, 6.07) is 8.27. The van der Waals surface area contributed by atoms with Gasteiger partial charge in [0.2, 0.25) is 5.91 Å². The molecule has 2 heterocycles. The second kappa shape index (κ2) is 7.15. The Morgan fingerprint density at radius 3 is 3.14 bits per heavy atom. The highest BCUT2D eigenvalue weighted by molar-refractivity contribution is 8.00. The number of hydrogen-bond acceptors (Lipinski definition) is 4. The number of carbonyl (C=O) groups is 1. The van der Waals surface area contributed by atoms with E-state index < -0.39 is 0 Å². The molecule has 1 aromatic heterocycles. The van der Waals surface area contributed by atoms with Crippen LogP contribution in [-0.4, -0.2) is 40.8 Å². The number of hydrogen-bond donors (Lipinski definition) is 3. The van der Waals surface area contributed by atoms with Crippen LogP contribution in [0.3, 0.4) is 0 Å². The number of H-pyrrole nitrogens is 1. The van der Waals surface area contributed by atoms with E-state index in [0.717, 1.165) is 42.8 Å². The Kier molecular flexibility index (Phi) is 5.00. The molecule has 1 fully saturated rings. The average Bonchev–Trinajstić information content (AvgIpc) is 2.98. The molecule has 1 aliphatic rings. The average molecular weight is 318 g/mol. The van der Waals surface area contributed by atoms with Crippen LogP contribution >= 0.6 is 11.8 Å². The normalized spacial score (nSPS) is 20.0. The van der Waals surface area contributed by atoms with Crippen molar-refractivity contribution in [2.24, 2.45) is 0 Å². The maximum Gasteiger partial charge on any atom is 0.230 e. The molecule has 3 N–H and O–H groups in total. The van der Waals surface area contributed by atoms with Gasteiger partial charge in [-0.25, -0.2) is 4.98 Å². The molecule has 6 heteroatoms. The van der Waals surface area contributed by atoms with Crippen LogP contribution in [0.25, 0.3) is 11.0 Å². The lowest BCUT2D eigenvalue weighted by atomic mass is 10.1. The van der Waals surface area contributed by atoms with Crippen molar-refractivity contribution in [2.45, 2.75) is 31.1 Å². The van der Waals surface area contributed by atoms with Crippen molar-refractivity contribution in [3.05, 3.63) is 30.1 Å². The second-order valence-electron chi connectivity index (χ2n) is 5.70. The van der Waals surface area contributed by atoms with E-state index in [1.54, 1.807) is 11.8 Å². The first-order valence-electron chi connectivity index (χ1n) is 7.78. The molecule has 2 unspecified atom stereocenters. The standard InChI is InChI=1S/C16H22N4OS/c1-11(16-19-13-6-2-3-7-14(13)20-16)22-10-15(21)18-12-5-4-8-17-9-12/h2-3,6-7,11-12,17H,4-5,8-10H2,1H3,(H,18,21)(H,19,20). The number of para-hydroxylation sites is 2. The van der Waals surface area contributed by atoms with Gasteiger partial charge in [-0.2, -0.15) is 0 Å². The lowest BCUT2D eigenvalue weighted by molar-refractivity contribution is -0.119. The van der Waals surface area contributed by atoms with Gasteiger partial charge in [0.05, 0.1) is 22.0 Å². The molecule has 0 radical (unpaired) electrons. The third-order valence-corrected chi connectivity index (χ3v) is 5.07. The third kappa shape index (κ3) is 3.81. The summed E-state index contributed by atoms with van der Waals surface area (Å²) in [5.74, 6) is 1.51. The number of thioether (sulfide) groups is 1. The molecule has 0 saturated carbocycles. The van der Waals surface area contributed by atoms with Crippen LogP contribution < -0.4 is 10.6 Å². The minimum atomic E-state index is 0.113. The predicted molar refractivity (Wildman–Crippen MR) is 91.0 cm³/mol. The molecule has 0 aliphatic carbocycles.